The molecular weight excluding hydrogens is 348 g/mol. The number of para-hydroxylation sites is 1. The molecule has 3 rings (SSSR count). The van der Waals surface area contributed by atoms with Gasteiger partial charge in [-0.25, -0.2) is 0 Å². The lowest BCUT2D eigenvalue weighted by Crippen LogP contribution is -2.15. The van der Waals surface area contributed by atoms with Crippen molar-refractivity contribution in [2.75, 3.05) is 17.7 Å². The van der Waals surface area contributed by atoms with E-state index in [0.717, 1.165) is 5.56 Å². The Hall–Kier alpha value is -3.12. The number of ether oxygens (including phenoxy) is 1. The molecule has 0 fully saturated rings. The highest BCUT2D eigenvalue weighted by Crippen LogP contribution is 2.24. The smallest absolute Gasteiger partial charge is 0.265 e. The fourth-order valence-electron chi connectivity index (χ4n) is 2.46. The summed E-state index contributed by atoms with van der Waals surface area (Å²) in [4.78, 5) is 25.4. The lowest BCUT2D eigenvalue weighted by Gasteiger charge is -2.13. The average Bonchev–Trinajstić information content (AvgIpc) is 3.19. The van der Waals surface area contributed by atoms with E-state index in [-0.39, 0.29) is 11.8 Å². The van der Waals surface area contributed by atoms with Crippen LogP contribution in [0.1, 0.15) is 25.6 Å². The minimum Gasteiger partial charge on any atom is -0.496 e. The molecule has 6 heteroatoms. The Labute approximate surface area is 155 Å². The van der Waals surface area contributed by atoms with E-state index in [0.29, 0.717) is 27.6 Å². The fraction of sp³-hybridized carbons (Fsp3) is 0.100. The molecule has 0 unspecified atom stereocenters. The van der Waals surface area contributed by atoms with E-state index in [1.54, 1.807) is 36.4 Å². The number of anilines is 2. The number of hydrogen-bond acceptors (Lipinski definition) is 4. The van der Waals surface area contributed by atoms with Crippen molar-refractivity contribution in [3.8, 4) is 5.75 Å². The van der Waals surface area contributed by atoms with Crippen molar-refractivity contribution >= 4 is 34.5 Å². The topological polar surface area (TPSA) is 67.4 Å². The molecule has 0 aliphatic carbocycles. The van der Waals surface area contributed by atoms with Gasteiger partial charge < -0.3 is 15.4 Å². The lowest BCUT2D eigenvalue weighted by molar-refractivity contribution is 0.101. The monoisotopic (exact) mass is 366 g/mol. The Bertz CT molecular complexity index is 936. The van der Waals surface area contributed by atoms with E-state index in [4.69, 9.17) is 4.74 Å². The van der Waals surface area contributed by atoms with E-state index in [9.17, 15) is 9.59 Å². The van der Waals surface area contributed by atoms with E-state index >= 15 is 0 Å². The quantitative estimate of drug-likeness (QED) is 0.695. The van der Waals surface area contributed by atoms with Crippen LogP contribution in [0.15, 0.2) is 60.0 Å². The fourth-order valence-corrected chi connectivity index (χ4v) is 3.08. The molecule has 0 bridgehead atoms. The normalized spacial score (nSPS) is 10.2. The van der Waals surface area contributed by atoms with Crippen molar-refractivity contribution in [2.24, 2.45) is 0 Å². The van der Waals surface area contributed by atoms with Crippen molar-refractivity contribution in [3.05, 3.63) is 76.0 Å². The summed E-state index contributed by atoms with van der Waals surface area (Å²) in [5, 5.41) is 7.58. The molecule has 2 N–H and O–H groups in total. The zero-order valence-electron chi connectivity index (χ0n) is 14.4. The first-order valence-corrected chi connectivity index (χ1v) is 8.86. The van der Waals surface area contributed by atoms with Gasteiger partial charge in [-0.2, -0.15) is 0 Å². The lowest BCUT2D eigenvalue weighted by atomic mass is 10.1. The summed E-state index contributed by atoms with van der Waals surface area (Å²) in [5.41, 5.74) is 2.58. The molecule has 0 atom stereocenters. The third-order valence-electron chi connectivity index (χ3n) is 3.84. The van der Waals surface area contributed by atoms with Gasteiger partial charge in [-0.05, 0) is 48.2 Å². The van der Waals surface area contributed by atoms with Crippen LogP contribution >= 0.6 is 11.3 Å². The van der Waals surface area contributed by atoms with Crippen LogP contribution in [-0.2, 0) is 0 Å². The molecule has 5 nitrogen and oxygen atoms in total. The van der Waals surface area contributed by atoms with Gasteiger partial charge in [-0.15, -0.1) is 11.3 Å². The third kappa shape index (κ3) is 3.92. The van der Waals surface area contributed by atoms with E-state index in [1.165, 1.54) is 18.4 Å². The maximum absolute atomic E-state index is 12.6. The first-order chi connectivity index (χ1) is 12.6. The van der Waals surface area contributed by atoms with Crippen LogP contribution in [0.25, 0.3) is 0 Å². The van der Waals surface area contributed by atoms with Crippen LogP contribution in [-0.4, -0.2) is 18.9 Å². The third-order valence-corrected chi connectivity index (χ3v) is 4.71. The molecule has 2 amide bonds. The zero-order chi connectivity index (χ0) is 18.5. The predicted octanol–water partition coefficient (Wildman–Crippen LogP) is 4.57. The maximum atomic E-state index is 12.6. The summed E-state index contributed by atoms with van der Waals surface area (Å²) < 4.78 is 5.24. The van der Waals surface area contributed by atoms with E-state index in [2.05, 4.69) is 10.6 Å². The highest BCUT2D eigenvalue weighted by molar-refractivity contribution is 7.12. The Kier molecular flexibility index (Phi) is 5.34. The molecule has 0 aliphatic heterocycles. The molecule has 0 radical (unpaired) electrons. The van der Waals surface area contributed by atoms with Crippen molar-refractivity contribution in [2.45, 2.75) is 6.92 Å². The van der Waals surface area contributed by atoms with Gasteiger partial charge in [0, 0.05) is 11.4 Å². The highest BCUT2D eigenvalue weighted by atomic mass is 32.1. The van der Waals surface area contributed by atoms with Crippen molar-refractivity contribution in [1.29, 1.82) is 0 Å². The van der Waals surface area contributed by atoms with Gasteiger partial charge in [-0.3, -0.25) is 9.59 Å². The molecule has 1 heterocycles. The largest absolute Gasteiger partial charge is 0.496 e. The molecule has 0 spiro atoms. The van der Waals surface area contributed by atoms with Crippen molar-refractivity contribution in [3.63, 3.8) is 0 Å². The van der Waals surface area contributed by atoms with Crippen LogP contribution in [0.4, 0.5) is 11.4 Å². The van der Waals surface area contributed by atoms with Crippen molar-refractivity contribution in [1.82, 2.24) is 0 Å². The number of carbonyl (C=O) groups excluding carboxylic acids is 2. The Morgan fingerprint density at radius 1 is 0.962 bits per heavy atom. The van der Waals surface area contributed by atoms with Gasteiger partial charge in [0.05, 0.1) is 17.6 Å². The zero-order valence-corrected chi connectivity index (χ0v) is 15.2. The van der Waals surface area contributed by atoms with Crippen LogP contribution < -0.4 is 15.4 Å². The molecule has 26 heavy (non-hydrogen) atoms. The van der Waals surface area contributed by atoms with Crippen LogP contribution in [0.2, 0.25) is 0 Å². The Morgan fingerprint density at radius 3 is 2.50 bits per heavy atom. The summed E-state index contributed by atoms with van der Waals surface area (Å²) in [6, 6.07) is 16.0. The Morgan fingerprint density at radius 2 is 1.77 bits per heavy atom. The van der Waals surface area contributed by atoms with Crippen LogP contribution in [0.3, 0.4) is 0 Å². The number of aryl methyl sites for hydroxylation is 1. The Balaban J connectivity index is 1.79. The molecule has 2 aromatic carbocycles. The number of hydrogen-bond donors (Lipinski definition) is 2. The molecule has 0 saturated carbocycles. The number of methoxy groups -OCH3 is 1. The molecule has 0 saturated heterocycles. The van der Waals surface area contributed by atoms with Gasteiger partial charge >= 0.3 is 0 Å². The molecular formula is C20H18N2O3S. The van der Waals surface area contributed by atoms with Gasteiger partial charge in [0.1, 0.15) is 5.75 Å². The predicted molar refractivity (Wildman–Crippen MR) is 104 cm³/mol. The number of benzene rings is 2. The highest BCUT2D eigenvalue weighted by Gasteiger charge is 2.14. The van der Waals surface area contributed by atoms with Gasteiger partial charge in [0.2, 0.25) is 0 Å². The first-order valence-electron chi connectivity index (χ1n) is 7.98. The second-order valence-corrected chi connectivity index (χ2v) is 6.56. The second-order valence-electron chi connectivity index (χ2n) is 5.62. The molecule has 132 valence electrons. The second kappa shape index (κ2) is 7.84. The number of amides is 2. The summed E-state index contributed by atoms with van der Waals surface area (Å²) >= 11 is 1.37. The van der Waals surface area contributed by atoms with E-state index in [1.807, 2.05) is 30.5 Å². The summed E-state index contributed by atoms with van der Waals surface area (Å²) in [6.07, 6.45) is 0. The van der Waals surface area contributed by atoms with Crippen LogP contribution in [0.5, 0.6) is 5.75 Å². The number of nitrogens with one attached hydrogen (secondary N) is 2. The average molecular weight is 366 g/mol. The summed E-state index contributed by atoms with van der Waals surface area (Å²) in [7, 11) is 1.53. The maximum Gasteiger partial charge on any atom is 0.265 e. The summed E-state index contributed by atoms with van der Waals surface area (Å²) in [5.74, 6) is 0.0583. The molecule has 1 aromatic heterocycles. The molecule has 0 aliphatic rings. The first kappa shape index (κ1) is 17.7. The number of thiophene rings is 1. The number of carbonyl (C=O) groups is 2. The minimum absolute atomic E-state index is 0.175. The van der Waals surface area contributed by atoms with Gasteiger partial charge in [-0.1, -0.05) is 24.3 Å². The SMILES string of the molecule is COc1ccccc1C(=O)Nc1cc(NC(=O)c2cccs2)ccc1C. The van der Waals surface area contributed by atoms with Crippen LogP contribution in [0, 0.1) is 6.92 Å². The standard InChI is InChI=1S/C20H18N2O3S/c1-13-9-10-14(21-20(24)18-8-5-11-26-18)12-16(13)22-19(23)15-6-3-4-7-17(15)25-2/h3-12H,1-2H3,(H,21,24)(H,22,23). The van der Waals surface area contributed by atoms with Gasteiger partial charge in [0.15, 0.2) is 0 Å². The van der Waals surface area contributed by atoms with Crippen molar-refractivity contribution < 1.29 is 14.3 Å². The van der Waals surface area contributed by atoms with Gasteiger partial charge in [0.25, 0.3) is 11.8 Å². The minimum atomic E-state index is -0.271. The molecule has 3 aromatic rings. The summed E-state index contributed by atoms with van der Waals surface area (Å²) in [6.45, 7) is 1.89. The number of rotatable bonds is 5. The van der Waals surface area contributed by atoms with E-state index < -0.39 is 0 Å².